The van der Waals surface area contributed by atoms with E-state index in [4.69, 9.17) is 10.5 Å². The third-order valence-electron chi connectivity index (χ3n) is 2.04. The molecule has 0 aliphatic heterocycles. The van der Waals surface area contributed by atoms with Gasteiger partial charge in [0.25, 0.3) is 0 Å². The highest BCUT2D eigenvalue weighted by Crippen LogP contribution is 2.21. The number of thiazole rings is 1. The van der Waals surface area contributed by atoms with Crippen LogP contribution in [-0.2, 0) is 24.3 Å². The van der Waals surface area contributed by atoms with Crippen molar-refractivity contribution >= 4 is 11.3 Å². The third kappa shape index (κ3) is 3.89. The molecule has 1 aromatic heterocycles. The van der Waals surface area contributed by atoms with Gasteiger partial charge in [-0.05, 0) is 19.3 Å². The van der Waals surface area contributed by atoms with Crippen LogP contribution in [0.4, 0.5) is 0 Å². The lowest BCUT2D eigenvalue weighted by Crippen LogP contribution is -2.02. The number of hydrogen-bond donors (Lipinski definition) is 1. The molecule has 1 rings (SSSR count). The standard InChI is InChI=1S/C11H20N2OS/c1-4-14-7-11-13-9(5-8(2)3)10(6-12)15-11/h8H,4-7,12H2,1-3H3. The highest BCUT2D eigenvalue weighted by atomic mass is 32.1. The fourth-order valence-corrected chi connectivity index (χ4v) is 2.31. The van der Waals surface area contributed by atoms with E-state index in [1.54, 1.807) is 11.3 Å². The van der Waals surface area contributed by atoms with E-state index in [9.17, 15) is 0 Å². The fraction of sp³-hybridized carbons (Fsp3) is 0.727. The SMILES string of the molecule is CCOCc1nc(CC(C)C)c(CN)s1. The van der Waals surface area contributed by atoms with E-state index in [-0.39, 0.29) is 0 Å². The van der Waals surface area contributed by atoms with E-state index in [0.717, 1.165) is 23.7 Å². The topological polar surface area (TPSA) is 48.1 Å². The smallest absolute Gasteiger partial charge is 0.119 e. The van der Waals surface area contributed by atoms with Gasteiger partial charge >= 0.3 is 0 Å². The van der Waals surface area contributed by atoms with Gasteiger partial charge in [-0.15, -0.1) is 11.3 Å². The lowest BCUT2D eigenvalue weighted by molar-refractivity contribution is 0.133. The van der Waals surface area contributed by atoms with Crippen molar-refractivity contribution in [2.45, 2.75) is 40.3 Å². The second-order valence-electron chi connectivity index (χ2n) is 3.92. The van der Waals surface area contributed by atoms with E-state index in [0.29, 0.717) is 19.1 Å². The molecule has 1 heterocycles. The Balaban J connectivity index is 2.71. The van der Waals surface area contributed by atoms with Crippen LogP contribution in [0.5, 0.6) is 0 Å². The molecule has 4 heteroatoms. The third-order valence-corrected chi connectivity index (χ3v) is 3.13. The van der Waals surface area contributed by atoms with Gasteiger partial charge in [0.05, 0.1) is 12.3 Å². The minimum Gasteiger partial charge on any atom is -0.375 e. The summed E-state index contributed by atoms with van der Waals surface area (Å²) in [6.07, 6.45) is 1.01. The van der Waals surface area contributed by atoms with Crippen LogP contribution in [0.1, 0.15) is 36.3 Å². The summed E-state index contributed by atoms with van der Waals surface area (Å²) in [5.41, 5.74) is 6.86. The zero-order valence-electron chi connectivity index (χ0n) is 9.75. The zero-order chi connectivity index (χ0) is 11.3. The monoisotopic (exact) mass is 228 g/mol. The molecule has 2 N–H and O–H groups in total. The molecule has 0 atom stereocenters. The van der Waals surface area contributed by atoms with Gasteiger partial charge in [0, 0.05) is 18.0 Å². The van der Waals surface area contributed by atoms with Gasteiger partial charge in [-0.1, -0.05) is 13.8 Å². The Labute approximate surface area is 95.7 Å². The average Bonchev–Trinajstić information content (AvgIpc) is 2.56. The minimum absolute atomic E-state index is 0.589. The molecule has 0 unspecified atom stereocenters. The van der Waals surface area contributed by atoms with Crippen LogP contribution >= 0.6 is 11.3 Å². The molecule has 86 valence electrons. The number of aromatic nitrogens is 1. The van der Waals surface area contributed by atoms with Crippen LogP contribution in [0.3, 0.4) is 0 Å². The van der Waals surface area contributed by atoms with Crippen LogP contribution in [0, 0.1) is 5.92 Å². The van der Waals surface area contributed by atoms with Gasteiger partial charge in [-0.3, -0.25) is 0 Å². The van der Waals surface area contributed by atoms with Crippen molar-refractivity contribution in [2.75, 3.05) is 6.61 Å². The van der Waals surface area contributed by atoms with Gasteiger partial charge in [0.1, 0.15) is 5.01 Å². The van der Waals surface area contributed by atoms with Crippen LogP contribution in [0.15, 0.2) is 0 Å². The van der Waals surface area contributed by atoms with Crippen molar-refractivity contribution in [1.29, 1.82) is 0 Å². The molecule has 0 saturated heterocycles. The number of nitrogens with two attached hydrogens (primary N) is 1. The Morgan fingerprint density at radius 3 is 2.73 bits per heavy atom. The first kappa shape index (κ1) is 12.6. The van der Waals surface area contributed by atoms with Gasteiger partial charge in [0.2, 0.25) is 0 Å². The fourth-order valence-electron chi connectivity index (χ4n) is 1.39. The van der Waals surface area contributed by atoms with Crippen molar-refractivity contribution in [3.8, 4) is 0 Å². The summed E-state index contributed by atoms with van der Waals surface area (Å²) < 4.78 is 5.34. The van der Waals surface area contributed by atoms with Crippen LogP contribution in [-0.4, -0.2) is 11.6 Å². The van der Waals surface area contributed by atoms with E-state index in [1.807, 2.05) is 6.92 Å². The van der Waals surface area contributed by atoms with Gasteiger partial charge in [-0.2, -0.15) is 0 Å². The average molecular weight is 228 g/mol. The summed E-state index contributed by atoms with van der Waals surface area (Å²) in [7, 11) is 0. The first-order chi connectivity index (χ1) is 7.17. The largest absolute Gasteiger partial charge is 0.375 e. The maximum atomic E-state index is 5.70. The first-order valence-electron chi connectivity index (χ1n) is 5.42. The van der Waals surface area contributed by atoms with Crippen molar-refractivity contribution < 1.29 is 4.74 Å². The Bertz CT molecular complexity index is 297. The summed E-state index contributed by atoms with van der Waals surface area (Å²) in [5.74, 6) is 0.623. The van der Waals surface area contributed by atoms with E-state index < -0.39 is 0 Å². The Morgan fingerprint density at radius 2 is 2.20 bits per heavy atom. The Hall–Kier alpha value is -0.450. The highest BCUT2D eigenvalue weighted by Gasteiger charge is 2.11. The summed E-state index contributed by atoms with van der Waals surface area (Å²) in [6, 6.07) is 0. The molecule has 0 aromatic carbocycles. The minimum atomic E-state index is 0.589. The molecule has 3 nitrogen and oxygen atoms in total. The normalized spacial score (nSPS) is 11.3. The summed E-state index contributed by atoms with van der Waals surface area (Å²) in [4.78, 5) is 5.78. The molecule has 0 amide bonds. The van der Waals surface area contributed by atoms with Gasteiger partial charge < -0.3 is 10.5 Å². The molecule has 1 aromatic rings. The van der Waals surface area contributed by atoms with Gasteiger partial charge in [-0.25, -0.2) is 4.98 Å². The number of ether oxygens (including phenoxy) is 1. The Kier molecular flexibility index (Phi) is 5.22. The molecule has 0 fully saturated rings. The molecular weight excluding hydrogens is 208 g/mol. The molecule has 15 heavy (non-hydrogen) atoms. The van der Waals surface area contributed by atoms with E-state index >= 15 is 0 Å². The van der Waals surface area contributed by atoms with Crippen molar-refractivity contribution in [3.63, 3.8) is 0 Å². The molecule has 0 saturated carbocycles. The zero-order valence-corrected chi connectivity index (χ0v) is 10.6. The second-order valence-corrected chi connectivity index (χ2v) is 5.08. The molecule has 0 aliphatic carbocycles. The van der Waals surface area contributed by atoms with Crippen molar-refractivity contribution in [2.24, 2.45) is 11.7 Å². The van der Waals surface area contributed by atoms with Crippen molar-refractivity contribution in [1.82, 2.24) is 4.98 Å². The lowest BCUT2D eigenvalue weighted by Gasteiger charge is -2.02. The summed E-state index contributed by atoms with van der Waals surface area (Å²) in [5, 5.41) is 1.05. The van der Waals surface area contributed by atoms with E-state index in [2.05, 4.69) is 18.8 Å². The quantitative estimate of drug-likeness (QED) is 0.813. The van der Waals surface area contributed by atoms with Crippen LogP contribution in [0.2, 0.25) is 0 Å². The maximum Gasteiger partial charge on any atom is 0.119 e. The maximum absolute atomic E-state index is 5.70. The molecule has 0 bridgehead atoms. The molecular formula is C11H20N2OS. The highest BCUT2D eigenvalue weighted by molar-refractivity contribution is 7.11. The van der Waals surface area contributed by atoms with Crippen LogP contribution in [0.25, 0.3) is 0 Å². The van der Waals surface area contributed by atoms with E-state index in [1.165, 1.54) is 4.88 Å². The second kappa shape index (κ2) is 6.20. The molecule has 0 radical (unpaired) electrons. The van der Waals surface area contributed by atoms with Crippen LogP contribution < -0.4 is 5.73 Å². The predicted octanol–water partition coefficient (Wildman–Crippen LogP) is 2.34. The lowest BCUT2D eigenvalue weighted by atomic mass is 10.1. The van der Waals surface area contributed by atoms with Gasteiger partial charge in [0.15, 0.2) is 0 Å². The summed E-state index contributed by atoms with van der Waals surface area (Å²) in [6.45, 7) is 8.32. The number of hydrogen-bond acceptors (Lipinski definition) is 4. The summed E-state index contributed by atoms with van der Waals surface area (Å²) >= 11 is 1.68. The predicted molar refractivity (Wildman–Crippen MR) is 63.9 cm³/mol. The number of rotatable bonds is 6. The van der Waals surface area contributed by atoms with Crippen molar-refractivity contribution in [3.05, 3.63) is 15.6 Å². The first-order valence-corrected chi connectivity index (χ1v) is 6.24. The Morgan fingerprint density at radius 1 is 1.47 bits per heavy atom. The number of nitrogens with zero attached hydrogens (tertiary/aromatic N) is 1. The molecule has 0 aliphatic rings. The molecule has 0 spiro atoms.